The first kappa shape index (κ1) is 18.7. The SMILES string of the molecule is O=C(O)c1ccc(Nc2ncnc(Nc3cccc4cccnc34)c2[N+](=O)[O-])cc1. The van der Waals surface area contributed by atoms with E-state index in [0.29, 0.717) is 16.9 Å². The summed E-state index contributed by atoms with van der Waals surface area (Å²) in [4.78, 5) is 34.5. The lowest BCUT2D eigenvalue weighted by molar-refractivity contribution is -0.383. The number of nitrogens with zero attached hydrogens (tertiary/aromatic N) is 4. The van der Waals surface area contributed by atoms with Crippen LogP contribution in [0.4, 0.5) is 28.7 Å². The van der Waals surface area contributed by atoms with Gasteiger partial charge >= 0.3 is 11.7 Å². The van der Waals surface area contributed by atoms with Gasteiger partial charge in [-0.25, -0.2) is 14.8 Å². The number of aromatic nitrogens is 3. The number of rotatable bonds is 6. The van der Waals surface area contributed by atoms with Crippen LogP contribution >= 0.6 is 0 Å². The zero-order valence-electron chi connectivity index (χ0n) is 15.3. The minimum absolute atomic E-state index is 0.00203. The first-order chi connectivity index (χ1) is 14.5. The number of carboxylic acid groups (broad SMARTS) is 1. The zero-order valence-corrected chi connectivity index (χ0v) is 15.3. The van der Waals surface area contributed by atoms with Gasteiger partial charge in [-0.1, -0.05) is 18.2 Å². The van der Waals surface area contributed by atoms with Crippen LogP contribution in [0.3, 0.4) is 0 Å². The number of anilines is 4. The Balaban J connectivity index is 1.71. The summed E-state index contributed by atoms with van der Waals surface area (Å²) >= 11 is 0. The van der Waals surface area contributed by atoms with Crippen molar-refractivity contribution in [2.24, 2.45) is 0 Å². The highest BCUT2D eigenvalue weighted by Gasteiger charge is 2.24. The molecule has 0 radical (unpaired) electrons. The van der Waals surface area contributed by atoms with Crippen molar-refractivity contribution in [1.82, 2.24) is 15.0 Å². The summed E-state index contributed by atoms with van der Waals surface area (Å²) in [6.07, 6.45) is 2.83. The van der Waals surface area contributed by atoms with E-state index in [9.17, 15) is 14.9 Å². The Morgan fingerprint density at radius 1 is 0.933 bits per heavy atom. The van der Waals surface area contributed by atoms with E-state index >= 15 is 0 Å². The highest BCUT2D eigenvalue weighted by atomic mass is 16.6. The predicted octanol–water partition coefficient (Wildman–Crippen LogP) is 4.12. The standard InChI is InChI=1S/C20H14N6O4/c27-20(28)13-6-8-14(9-7-13)24-18-17(26(29)30)19(23-11-22-18)25-15-5-1-3-12-4-2-10-21-16(12)15/h1-11H,(H,27,28)(H2,22,23,24,25). The summed E-state index contributed by atoms with van der Waals surface area (Å²) in [5.74, 6) is -1.10. The Labute approximate surface area is 169 Å². The molecule has 0 atom stereocenters. The van der Waals surface area contributed by atoms with Gasteiger partial charge in [0, 0.05) is 17.3 Å². The van der Waals surface area contributed by atoms with E-state index in [0.717, 1.165) is 5.39 Å². The second-order valence-electron chi connectivity index (χ2n) is 6.19. The highest BCUT2D eigenvalue weighted by molar-refractivity contribution is 5.93. The molecule has 0 unspecified atom stereocenters. The van der Waals surface area contributed by atoms with Crippen molar-refractivity contribution in [2.75, 3.05) is 10.6 Å². The lowest BCUT2D eigenvalue weighted by Gasteiger charge is -2.11. The average Bonchev–Trinajstić information content (AvgIpc) is 2.74. The molecule has 3 N–H and O–H groups in total. The third-order valence-electron chi connectivity index (χ3n) is 4.29. The Hall–Kier alpha value is -4.60. The topological polar surface area (TPSA) is 143 Å². The number of para-hydroxylation sites is 1. The van der Waals surface area contributed by atoms with Crippen LogP contribution in [0, 0.1) is 10.1 Å². The Morgan fingerprint density at radius 3 is 2.33 bits per heavy atom. The van der Waals surface area contributed by atoms with Crippen LogP contribution < -0.4 is 10.6 Å². The van der Waals surface area contributed by atoms with Crippen molar-refractivity contribution in [1.29, 1.82) is 0 Å². The van der Waals surface area contributed by atoms with Crippen LogP contribution in [0.15, 0.2) is 67.1 Å². The first-order valence-corrected chi connectivity index (χ1v) is 8.73. The quantitative estimate of drug-likeness (QED) is 0.320. The number of benzene rings is 2. The van der Waals surface area contributed by atoms with Crippen molar-refractivity contribution in [3.8, 4) is 0 Å². The maximum atomic E-state index is 11.8. The smallest absolute Gasteiger partial charge is 0.353 e. The molecule has 10 heteroatoms. The number of pyridine rings is 1. The Morgan fingerprint density at radius 2 is 1.63 bits per heavy atom. The van der Waals surface area contributed by atoms with Crippen LogP contribution in [0.25, 0.3) is 10.9 Å². The second kappa shape index (κ2) is 7.80. The molecule has 0 spiro atoms. The molecule has 0 bridgehead atoms. The van der Waals surface area contributed by atoms with Crippen molar-refractivity contribution >= 4 is 45.6 Å². The Bertz CT molecular complexity index is 1250. The van der Waals surface area contributed by atoms with Gasteiger partial charge in [-0.2, -0.15) is 0 Å². The maximum Gasteiger partial charge on any atom is 0.353 e. The molecule has 0 aliphatic rings. The van der Waals surface area contributed by atoms with E-state index in [-0.39, 0.29) is 22.9 Å². The van der Waals surface area contributed by atoms with Crippen molar-refractivity contribution in [3.05, 3.63) is 82.8 Å². The summed E-state index contributed by atoms with van der Waals surface area (Å²) in [6, 6.07) is 14.9. The third-order valence-corrected chi connectivity index (χ3v) is 4.29. The van der Waals surface area contributed by atoms with Crippen LogP contribution in [0.1, 0.15) is 10.4 Å². The first-order valence-electron chi connectivity index (χ1n) is 8.73. The zero-order chi connectivity index (χ0) is 21.1. The number of carboxylic acids is 1. The van der Waals surface area contributed by atoms with E-state index in [4.69, 9.17) is 5.11 Å². The normalized spacial score (nSPS) is 10.5. The van der Waals surface area contributed by atoms with Crippen LogP contribution in [0.2, 0.25) is 0 Å². The molecule has 10 nitrogen and oxygen atoms in total. The molecule has 4 rings (SSSR count). The van der Waals surface area contributed by atoms with E-state index < -0.39 is 10.9 Å². The van der Waals surface area contributed by atoms with Crippen LogP contribution in [0.5, 0.6) is 0 Å². The summed E-state index contributed by atoms with van der Waals surface area (Å²) in [5.41, 5.74) is 1.40. The number of fused-ring (bicyclic) bond motifs is 1. The minimum Gasteiger partial charge on any atom is -0.478 e. The largest absolute Gasteiger partial charge is 0.478 e. The van der Waals surface area contributed by atoms with E-state index in [2.05, 4.69) is 25.6 Å². The molecule has 30 heavy (non-hydrogen) atoms. The molecular weight excluding hydrogens is 388 g/mol. The minimum atomic E-state index is -1.07. The molecule has 0 fully saturated rings. The second-order valence-corrected chi connectivity index (χ2v) is 6.19. The fourth-order valence-electron chi connectivity index (χ4n) is 2.90. The number of nitrogens with one attached hydrogen (secondary N) is 2. The van der Waals surface area contributed by atoms with Crippen LogP contribution in [-0.2, 0) is 0 Å². The van der Waals surface area contributed by atoms with Gasteiger partial charge in [0.15, 0.2) is 0 Å². The highest BCUT2D eigenvalue weighted by Crippen LogP contribution is 2.34. The number of carbonyl (C=O) groups is 1. The summed E-state index contributed by atoms with van der Waals surface area (Å²) < 4.78 is 0. The van der Waals surface area contributed by atoms with Gasteiger partial charge in [0.25, 0.3) is 0 Å². The number of nitro groups is 1. The molecule has 2 heterocycles. The maximum absolute atomic E-state index is 11.8. The fraction of sp³-hybridized carbons (Fsp3) is 0. The van der Waals surface area contributed by atoms with Gasteiger partial charge in [-0.05, 0) is 36.4 Å². The molecular formula is C20H14N6O4. The van der Waals surface area contributed by atoms with Crippen molar-refractivity contribution in [3.63, 3.8) is 0 Å². The lowest BCUT2D eigenvalue weighted by Crippen LogP contribution is -2.06. The summed E-state index contributed by atoms with van der Waals surface area (Å²) in [5, 5.41) is 27.5. The average molecular weight is 402 g/mol. The molecule has 148 valence electrons. The number of hydrogen-bond donors (Lipinski definition) is 3. The van der Waals surface area contributed by atoms with Gasteiger partial charge in [0.05, 0.1) is 21.7 Å². The predicted molar refractivity (Wildman–Crippen MR) is 110 cm³/mol. The summed E-state index contributed by atoms with van der Waals surface area (Å²) in [7, 11) is 0. The molecule has 2 aromatic heterocycles. The van der Waals surface area contributed by atoms with Gasteiger partial charge < -0.3 is 15.7 Å². The summed E-state index contributed by atoms with van der Waals surface area (Å²) in [6.45, 7) is 0. The van der Waals surface area contributed by atoms with Gasteiger partial charge in [-0.15, -0.1) is 0 Å². The molecule has 0 amide bonds. The third kappa shape index (κ3) is 3.69. The van der Waals surface area contributed by atoms with Gasteiger partial charge in [-0.3, -0.25) is 15.1 Å². The number of aromatic carboxylic acids is 1. The van der Waals surface area contributed by atoms with Crippen LogP contribution in [-0.4, -0.2) is 31.0 Å². The van der Waals surface area contributed by atoms with E-state index in [1.54, 1.807) is 18.3 Å². The molecule has 4 aromatic rings. The monoisotopic (exact) mass is 402 g/mol. The van der Waals surface area contributed by atoms with Gasteiger partial charge in [0.1, 0.15) is 6.33 Å². The molecule has 0 aliphatic heterocycles. The molecule has 0 saturated heterocycles. The lowest BCUT2D eigenvalue weighted by atomic mass is 10.2. The van der Waals surface area contributed by atoms with Gasteiger partial charge in [0.2, 0.25) is 11.6 Å². The van der Waals surface area contributed by atoms with E-state index in [1.807, 2.05) is 18.2 Å². The Kier molecular flexibility index (Phi) is 4.87. The van der Waals surface area contributed by atoms with Crippen molar-refractivity contribution in [2.45, 2.75) is 0 Å². The van der Waals surface area contributed by atoms with Crippen molar-refractivity contribution < 1.29 is 14.8 Å². The molecule has 0 saturated carbocycles. The van der Waals surface area contributed by atoms with E-state index in [1.165, 1.54) is 30.6 Å². The fourth-order valence-corrected chi connectivity index (χ4v) is 2.90. The molecule has 2 aromatic carbocycles. The number of hydrogen-bond acceptors (Lipinski definition) is 8. The molecule has 0 aliphatic carbocycles.